The van der Waals surface area contributed by atoms with Crippen LogP contribution < -0.4 is 26.4 Å². The largest absolute Gasteiger partial charge is 0.494 e. The molecule has 1 aliphatic rings. The van der Waals surface area contributed by atoms with Crippen LogP contribution >= 0.6 is 11.3 Å². The van der Waals surface area contributed by atoms with Crippen LogP contribution in [-0.4, -0.2) is 49.1 Å². The van der Waals surface area contributed by atoms with Gasteiger partial charge in [0.2, 0.25) is 0 Å². The minimum atomic E-state index is -0.437. The van der Waals surface area contributed by atoms with Crippen molar-refractivity contribution in [3.8, 4) is 16.3 Å². The predicted octanol–water partition coefficient (Wildman–Crippen LogP) is 2.35. The quantitative estimate of drug-likeness (QED) is 0.402. The number of nitrogens with two attached hydrogens (primary N) is 1. The van der Waals surface area contributed by atoms with Crippen LogP contribution in [0.4, 0.5) is 17.2 Å². The number of morpholine rings is 1. The monoisotopic (exact) mass is 414 g/mol. The maximum Gasteiger partial charge on any atom is 0.258 e. The van der Waals surface area contributed by atoms with Gasteiger partial charge >= 0.3 is 0 Å². The molecular formula is C19H22N6O3S. The molecule has 29 heavy (non-hydrogen) atoms. The van der Waals surface area contributed by atoms with Crippen LogP contribution in [0.15, 0.2) is 36.4 Å². The first-order valence-electron chi connectivity index (χ1n) is 9.10. The normalized spacial score (nSPS) is 16.4. The minimum absolute atomic E-state index is 0.0669. The molecule has 1 atom stereocenters. The highest BCUT2D eigenvalue weighted by Crippen LogP contribution is 2.32. The van der Waals surface area contributed by atoms with Gasteiger partial charge in [-0.05, 0) is 24.3 Å². The lowest BCUT2D eigenvalue weighted by Gasteiger charge is -2.26. The average Bonchev–Trinajstić information content (AvgIpc) is 3.39. The second-order valence-electron chi connectivity index (χ2n) is 6.46. The molecule has 3 aromatic rings. The summed E-state index contributed by atoms with van der Waals surface area (Å²) in [5, 5.41) is 17.2. The van der Waals surface area contributed by atoms with E-state index in [1.165, 1.54) is 11.3 Å². The van der Waals surface area contributed by atoms with Crippen molar-refractivity contribution < 1.29 is 14.3 Å². The number of nitrogens with one attached hydrogen (secondary N) is 4. The van der Waals surface area contributed by atoms with E-state index in [4.69, 9.17) is 15.2 Å². The van der Waals surface area contributed by atoms with Gasteiger partial charge in [-0.3, -0.25) is 15.2 Å². The summed E-state index contributed by atoms with van der Waals surface area (Å²) in [7, 11) is 1.62. The number of anilines is 3. The average molecular weight is 414 g/mol. The maximum atomic E-state index is 11.3. The van der Waals surface area contributed by atoms with E-state index in [2.05, 4.69) is 26.1 Å². The zero-order valence-electron chi connectivity index (χ0n) is 15.8. The Morgan fingerprint density at radius 1 is 1.34 bits per heavy atom. The third-order valence-electron chi connectivity index (χ3n) is 4.42. The number of hydrogen-bond acceptors (Lipinski definition) is 8. The van der Waals surface area contributed by atoms with Crippen molar-refractivity contribution in [2.24, 2.45) is 5.73 Å². The summed E-state index contributed by atoms with van der Waals surface area (Å²) < 4.78 is 11.0. The van der Waals surface area contributed by atoms with Crippen LogP contribution in [-0.2, 0) is 4.74 Å². The van der Waals surface area contributed by atoms with E-state index in [0.29, 0.717) is 23.1 Å². The number of H-pyrrole nitrogens is 1. The smallest absolute Gasteiger partial charge is 0.258 e. The third kappa shape index (κ3) is 4.50. The van der Waals surface area contributed by atoms with Gasteiger partial charge in [-0.1, -0.05) is 0 Å². The predicted molar refractivity (Wildman–Crippen MR) is 113 cm³/mol. The number of amides is 1. The summed E-state index contributed by atoms with van der Waals surface area (Å²) in [6.07, 6.45) is 0.0669. The first-order chi connectivity index (χ1) is 14.1. The van der Waals surface area contributed by atoms with E-state index in [-0.39, 0.29) is 6.17 Å². The lowest BCUT2D eigenvalue weighted by molar-refractivity contribution is 0.0849. The number of rotatable bonds is 7. The Hall–Kier alpha value is -3.08. The van der Waals surface area contributed by atoms with Crippen molar-refractivity contribution in [2.75, 3.05) is 37.5 Å². The van der Waals surface area contributed by atoms with Gasteiger partial charge in [0.25, 0.3) is 5.91 Å². The van der Waals surface area contributed by atoms with Crippen molar-refractivity contribution in [3.05, 3.63) is 41.3 Å². The number of nitrogens with zero attached hydrogens (tertiary/aromatic N) is 1. The van der Waals surface area contributed by atoms with Gasteiger partial charge in [-0.15, -0.1) is 11.3 Å². The first-order valence-corrected chi connectivity index (χ1v) is 9.92. The molecule has 6 N–H and O–H groups in total. The summed E-state index contributed by atoms with van der Waals surface area (Å²) in [5.41, 5.74) is 7.83. The van der Waals surface area contributed by atoms with Crippen LogP contribution in [0.3, 0.4) is 0 Å². The maximum absolute atomic E-state index is 11.3. The summed E-state index contributed by atoms with van der Waals surface area (Å²) in [4.78, 5) is 12.7. The molecule has 0 bridgehead atoms. The lowest BCUT2D eigenvalue weighted by Crippen LogP contribution is -2.46. The Bertz CT molecular complexity index is 996. The number of primary amides is 1. The molecule has 1 aliphatic heterocycles. The Kier molecular flexibility index (Phi) is 5.65. The molecule has 0 saturated carbocycles. The molecule has 0 spiro atoms. The fraction of sp³-hybridized carbons (Fsp3) is 0.263. The number of ether oxygens (including phenoxy) is 2. The number of carbonyl (C=O) groups is 1. The van der Waals surface area contributed by atoms with Crippen LogP contribution in [0.25, 0.3) is 10.6 Å². The number of thiophene rings is 1. The summed E-state index contributed by atoms with van der Waals surface area (Å²) in [6, 6.07) is 11.2. The molecule has 3 heterocycles. The molecule has 1 saturated heterocycles. The molecule has 2 aromatic heterocycles. The molecule has 1 unspecified atom stereocenters. The second-order valence-corrected chi connectivity index (χ2v) is 7.54. The molecule has 152 valence electrons. The summed E-state index contributed by atoms with van der Waals surface area (Å²) in [5.74, 6) is 0.881. The van der Waals surface area contributed by atoms with E-state index >= 15 is 0 Å². The molecule has 1 amide bonds. The van der Waals surface area contributed by atoms with Gasteiger partial charge in [-0.25, -0.2) is 0 Å². The van der Waals surface area contributed by atoms with E-state index < -0.39 is 5.91 Å². The highest BCUT2D eigenvalue weighted by atomic mass is 32.1. The molecule has 0 radical (unpaired) electrons. The molecule has 10 heteroatoms. The number of hydrogen-bond donors (Lipinski definition) is 5. The Labute approximate surface area is 171 Å². The lowest BCUT2D eigenvalue weighted by atomic mass is 10.2. The molecule has 9 nitrogen and oxygen atoms in total. The molecular weight excluding hydrogens is 392 g/mol. The van der Waals surface area contributed by atoms with Gasteiger partial charge in [0.15, 0.2) is 5.82 Å². The molecule has 0 aliphatic carbocycles. The Morgan fingerprint density at radius 2 is 2.24 bits per heavy atom. The van der Waals surface area contributed by atoms with Gasteiger partial charge in [0, 0.05) is 24.4 Å². The van der Waals surface area contributed by atoms with Crippen molar-refractivity contribution in [1.82, 2.24) is 15.5 Å². The van der Waals surface area contributed by atoms with Gasteiger partial charge in [0.1, 0.15) is 11.9 Å². The highest BCUT2D eigenvalue weighted by molar-refractivity contribution is 7.17. The number of carbonyl (C=O) groups excluding carboxylic acids is 1. The molecule has 4 rings (SSSR count). The number of aromatic nitrogens is 2. The van der Waals surface area contributed by atoms with Crippen molar-refractivity contribution in [1.29, 1.82) is 0 Å². The SMILES string of the molecule is COc1cc(NC2COCCN2)ccc1Nc1cc(-c2ccc(C(N)=O)s2)[nH]n1. The minimum Gasteiger partial charge on any atom is -0.494 e. The summed E-state index contributed by atoms with van der Waals surface area (Å²) >= 11 is 1.32. The van der Waals surface area contributed by atoms with Crippen LogP contribution in [0.1, 0.15) is 9.67 Å². The summed E-state index contributed by atoms with van der Waals surface area (Å²) in [6.45, 7) is 2.16. The van der Waals surface area contributed by atoms with Crippen LogP contribution in [0.5, 0.6) is 5.75 Å². The van der Waals surface area contributed by atoms with E-state index in [0.717, 1.165) is 35.1 Å². The van der Waals surface area contributed by atoms with Gasteiger partial charge < -0.3 is 25.8 Å². The fourth-order valence-corrected chi connectivity index (χ4v) is 3.83. The number of aromatic amines is 1. The number of benzene rings is 1. The fourth-order valence-electron chi connectivity index (χ4n) is 3.01. The zero-order valence-corrected chi connectivity index (χ0v) is 16.6. The number of methoxy groups -OCH3 is 1. The molecule has 1 fully saturated rings. The Balaban J connectivity index is 1.47. The second kappa shape index (κ2) is 8.52. The standard InChI is InChI=1S/C19H22N6O3S/c1-27-14-8-11(22-18-10-28-7-6-21-18)2-3-12(14)23-17-9-13(24-25-17)15-4-5-16(29-15)19(20)26/h2-5,8-9,18,21-22H,6-7,10H2,1H3,(H2,20,26)(H2,23,24,25). The molecule has 1 aromatic carbocycles. The zero-order chi connectivity index (χ0) is 20.2. The van der Waals surface area contributed by atoms with Crippen molar-refractivity contribution in [3.63, 3.8) is 0 Å². The van der Waals surface area contributed by atoms with E-state index in [9.17, 15) is 4.79 Å². The van der Waals surface area contributed by atoms with E-state index in [1.54, 1.807) is 13.2 Å². The van der Waals surface area contributed by atoms with Crippen molar-refractivity contribution in [2.45, 2.75) is 6.17 Å². The first kappa shape index (κ1) is 19.2. The van der Waals surface area contributed by atoms with E-state index in [1.807, 2.05) is 30.3 Å². The van der Waals surface area contributed by atoms with Gasteiger partial charge in [0.05, 0.1) is 41.5 Å². The highest BCUT2D eigenvalue weighted by Gasteiger charge is 2.14. The van der Waals surface area contributed by atoms with Gasteiger partial charge in [-0.2, -0.15) is 5.10 Å². The Morgan fingerprint density at radius 3 is 2.97 bits per heavy atom. The van der Waals surface area contributed by atoms with Crippen LogP contribution in [0, 0.1) is 0 Å². The van der Waals surface area contributed by atoms with Crippen molar-refractivity contribution >= 4 is 34.4 Å². The third-order valence-corrected chi connectivity index (χ3v) is 5.55. The topological polar surface area (TPSA) is 126 Å². The van der Waals surface area contributed by atoms with Crippen LogP contribution in [0.2, 0.25) is 0 Å².